The summed E-state index contributed by atoms with van der Waals surface area (Å²) in [6.07, 6.45) is 2.95. The molecule has 5 nitrogen and oxygen atoms in total. The number of aromatic carboxylic acids is 1. The van der Waals surface area contributed by atoms with Crippen LogP contribution in [0, 0.1) is 11.7 Å². The second-order valence-corrected chi connectivity index (χ2v) is 7.13. The molecule has 1 saturated heterocycles. The Morgan fingerprint density at radius 2 is 2.33 bits per heavy atom. The van der Waals surface area contributed by atoms with Gasteiger partial charge in [-0.05, 0) is 36.9 Å². The van der Waals surface area contributed by atoms with Crippen molar-refractivity contribution in [1.29, 1.82) is 0 Å². The quantitative estimate of drug-likeness (QED) is 0.811. The molecule has 0 amide bonds. The van der Waals surface area contributed by atoms with E-state index >= 15 is 0 Å². The Bertz CT molecular complexity index is 734. The Kier molecular flexibility index (Phi) is 5.11. The van der Waals surface area contributed by atoms with Crippen LogP contribution >= 0.6 is 11.3 Å². The second-order valence-electron chi connectivity index (χ2n) is 6.19. The number of piperidine rings is 1. The predicted molar refractivity (Wildman–Crippen MR) is 91.6 cm³/mol. The molecule has 2 heterocycles. The number of carboxylic acid groups (broad SMARTS) is 1. The lowest BCUT2D eigenvalue weighted by Gasteiger charge is -2.32. The van der Waals surface area contributed by atoms with E-state index in [1.165, 1.54) is 17.4 Å². The van der Waals surface area contributed by atoms with Gasteiger partial charge >= 0.3 is 5.97 Å². The van der Waals surface area contributed by atoms with Crippen LogP contribution in [0.2, 0.25) is 0 Å². The summed E-state index contributed by atoms with van der Waals surface area (Å²) in [5.74, 6) is -0.921. The number of nitrogens with two attached hydrogens (primary N) is 1. The van der Waals surface area contributed by atoms with Crippen LogP contribution in [0.5, 0.6) is 0 Å². The SMILES string of the molecule is Nc1c(F)cccc1CN1CCCC(Cc2nc(C(=O)O)cs2)C1. The molecular formula is C17H20FN3O2S. The van der Waals surface area contributed by atoms with Gasteiger partial charge in [0.15, 0.2) is 5.69 Å². The summed E-state index contributed by atoms with van der Waals surface area (Å²) in [6.45, 7) is 2.49. The number of likely N-dealkylation sites (tertiary alicyclic amines) is 1. The molecule has 7 heteroatoms. The minimum Gasteiger partial charge on any atom is -0.476 e. The number of para-hydroxylation sites is 1. The van der Waals surface area contributed by atoms with E-state index in [0.717, 1.165) is 42.9 Å². The molecule has 1 aromatic heterocycles. The second kappa shape index (κ2) is 7.27. The molecule has 0 saturated carbocycles. The Hall–Kier alpha value is -1.99. The van der Waals surface area contributed by atoms with Crippen LogP contribution in [0.15, 0.2) is 23.6 Å². The number of carboxylic acids is 1. The van der Waals surface area contributed by atoms with Crippen molar-refractivity contribution in [2.75, 3.05) is 18.8 Å². The van der Waals surface area contributed by atoms with Crippen molar-refractivity contribution in [1.82, 2.24) is 9.88 Å². The number of benzene rings is 1. The smallest absolute Gasteiger partial charge is 0.355 e. The van der Waals surface area contributed by atoms with Crippen LogP contribution in [0.1, 0.15) is 33.9 Å². The molecule has 24 heavy (non-hydrogen) atoms. The van der Waals surface area contributed by atoms with Gasteiger partial charge in [-0.2, -0.15) is 0 Å². The first-order chi connectivity index (χ1) is 11.5. The van der Waals surface area contributed by atoms with Crippen LogP contribution in [-0.4, -0.2) is 34.0 Å². The number of hydrogen-bond acceptors (Lipinski definition) is 5. The van der Waals surface area contributed by atoms with Crippen molar-refractivity contribution < 1.29 is 14.3 Å². The lowest BCUT2D eigenvalue weighted by atomic mass is 9.94. The Balaban J connectivity index is 1.61. The molecule has 1 aliphatic rings. The highest BCUT2D eigenvalue weighted by Gasteiger charge is 2.22. The molecule has 0 spiro atoms. The van der Waals surface area contributed by atoms with E-state index in [1.807, 2.05) is 6.07 Å². The van der Waals surface area contributed by atoms with Gasteiger partial charge in [-0.15, -0.1) is 11.3 Å². The average molecular weight is 349 g/mol. The van der Waals surface area contributed by atoms with E-state index < -0.39 is 5.97 Å². The number of carbonyl (C=O) groups is 1. The van der Waals surface area contributed by atoms with Crippen LogP contribution < -0.4 is 5.73 Å². The molecule has 3 N–H and O–H groups in total. The molecule has 0 radical (unpaired) electrons. The summed E-state index contributed by atoms with van der Waals surface area (Å²) >= 11 is 1.40. The third kappa shape index (κ3) is 3.91. The molecule has 128 valence electrons. The molecule has 0 bridgehead atoms. The van der Waals surface area contributed by atoms with Gasteiger partial charge < -0.3 is 10.8 Å². The van der Waals surface area contributed by atoms with E-state index in [-0.39, 0.29) is 17.2 Å². The normalized spacial score (nSPS) is 18.6. The molecule has 1 atom stereocenters. The highest BCUT2D eigenvalue weighted by molar-refractivity contribution is 7.09. The van der Waals surface area contributed by atoms with Crippen LogP contribution in [0.25, 0.3) is 0 Å². The first kappa shape index (κ1) is 16.9. The van der Waals surface area contributed by atoms with Crippen LogP contribution in [0.4, 0.5) is 10.1 Å². The molecule has 1 unspecified atom stereocenters. The number of halogens is 1. The summed E-state index contributed by atoms with van der Waals surface area (Å²) in [5.41, 5.74) is 6.99. The average Bonchev–Trinajstić information content (AvgIpc) is 3.01. The maximum Gasteiger partial charge on any atom is 0.355 e. The minimum absolute atomic E-state index is 0.121. The predicted octanol–water partition coefficient (Wildman–Crippen LogP) is 3.02. The van der Waals surface area contributed by atoms with Gasteiger partial charge in [0.05, 0.1) is 10.7 Å². The maximum absolute atomic E-state index is 13.6. The van der Waals surface area contributed by atoms with Gasteiger partial charge in [-0.25, -0.2) is 14.2 Å². The molecule has 1 fully saturated rings. The van der Waals surface area contributed by atoms with Crippen molar-refractivity contribution in [3.05, 3.63) is 45.7 Å². The van der Waals surface area contributed by atoms with E-state index in [4.69, 9.17) is 10.8 Å². The fourth-order valence-electron chi connectivity index (χ4n) is 3.17. The number of hydrogen-bond donors (Lipinski definition) is 2. The zero-order valence-corrected chi connectivity index (χ0v) is 14.1. The van der Waals surface area contributed by atoms with E-state index in [0.29, 0.717) is 12.5 Å². The highest BCUT2D eigenvalue weighted by Crippen LogP contribution is 2.25. The number of rotatable bonds is 5. The first-order valence-electron chi connectivity index (χ1n) is 7.96. The van der Waals surface area contributed by atoms with Crippen molar-refractivity contribution in [2.24, 2.45) is 5.92 Å². The molecule has 3 rings (SSSR count). The topological polar surface area (TPSA) is 79.5 Å². The highest BCUT2D eigenvalue weighted by atomic mass is 32.1. The zero-order chi connectivity index (χ0) is 17.1. The van der Waals surface area contributed by atoms with Crippen LogP contribution in [0.3, 0.4) is 0 Å². The largest absolute Gasteiger partial charge is 0.476 e. The molecule has 0 aliphatic carbocycles. The number of aromatic nitrogens is 1. The van der Waals surface area contributed by atoms with Crippen molar-refractivity contribution in [3.63, 3.8) is 0 Å². The van der Waals surface area contributed by atoms with Crippen molar-refractivity contribution >= 4 is 23.0 Å². The fourth-order valence-corrected chi connectivity index (χ4v) is 4.06. The maximum atomic E-state index is 13.6. The zero-order valence-electron chi connectivity index (χ0n) is 13.2. The monoisotopic (exact) mass is 349 g/mol. The van der Waals surface area contributed by atoms with Gasteiger partial charge in [0.25, 0.3) is 0 Å². The third-order valence-corrected chi connectivity index (χ3v) is 5.25. The molecule has 1 aromatic carbocycles. The summed E-state index contributed by atoms with van der Waals surface area (Å²) < 4.78 is 13.6. The lowest BCUT2D eigenvalue weighted by molar-refractivity contribution is 0.0691. The van der Waals surface area contributed by atoms with E-state index in [9.17, 15) is 9.18 Å². The molecular weight excluding hydrogens is 329 g/mol. The van der Waals surface area contributed by atoms with Gasteiger partial charge in [0.2, 0.25) is 0 Å². The third-order valence-electron chi connectivity index (χ3n) is 4.37. The summed E-state index contributed by atoms with van der Waals surface area (Å²) in [5, 5.41) is 11.4. The van der Waals surface area contributed by atoms with Crippen molar-refractivity contribution in [3.8, 4) is 0 Å². The first-order valence-corrected chi connectivity index (χ1v) is 8.84. The van der Waals surface area contributed by atoms with Gasteiger partial charge in [0, 0.05) is 24.9 Å². The number of thiazole rings is 1. The summed E-state index contributed by atoms with van der Waals surface area (Å²) in [6, 6.07) is 4.92. The van der Waals surface area contributed by atoms with E-state index in [1.54, 1.807) is 11.4 Å². The van der Waals surface area contributed by atoms with E-state index in [2.05, 4.69) is 9.88 Å². The fraction of sp³-hybridized carbons (Fsp3) is 0.412. The summed E-state index contributed by atoms with van der Waals surface area (Å²) in [4.78, 5) is 17.4. The number of nitrogen functional groups attached to an aromatic ring is 1. The van der Waals surface area contributed by atoms with Gasteiger partial charge in [-0.3, -0.25) is 4.90 Å². The van der Waals surface area contributed by atoms with Crippen molar-refractivity contribution in [2.45, 2.75) is 25.8 Å². The van der Waals surface area contributed by atoms with Gasteiger partial charge in [-0.1, -0.05) is 12.1 Å². The standard InChI is InChI=1S/C17H20FN3O2S/c18-13-5-1-4-12(16(13)19)9-21-6-2-3-11(8-21)7-15-20-14(10-24-15)17(22)23/h1,4-5,10-11H,2-3,6-9,19H2,(H,22,23). The molecule has 1 aliphatic heterocycles. The Morgan fingerprint density at radius 1 is 1.50 bits per heavy atom. The van der Waals surface area contributed by atoms with Crippen LogP contribution in [-0.2, 0) is 13.0 Å². The Morgan fingerprint density at radius 3 is 3.08 bits per heavy atom. The summed E-state index contributed by atoms with van der Waals surface area (Å²) in [7, 11) is 0. The molecule has 2 aromatic rings. The number of nitrogens with zero attached hydrogens (tertiary/aromatic N) is 2. The Labute approximate surface area is 143 Å². The lowest BCUT2D eigenvalue weighted by Crippen LogP contribution is -2.36. The van der Waals surface area contributed by atoms with Gasteiger partial charge in [0.1, 0.15) is 5.82 Å². The minimum atomic E-state index is -0.982. The number of anilines is 1.